The summed E-state index contributed by atoms with van der Waals surface area (Å²) in [6.07, 6.45) is 4.30. The maximum Gasteiger partial charge on any atom is 0.251 e. The maximum atomic E-state index is 12.1. The lowest BCUT2D eigenvalue weighted by Gasteiger charge is -2.11. The molecule has 1 amide bonds. The quantitative estimate of drug-likeness (QED) is 0.867. The first-order chi connectivity index (χ1) is 9.19. The van der Waals surface area contributed by atoms with Crippen LogP contribution in [0.1, 0.15) is 42.2 Å². The van der Waals surface area contributed by atoms with Crippen molar-refractivity contribution in [1.29, 1.82) is 0 Å². The van der Waals surface area contributed by atoms with E-state index in [1.54, 1.807) is 6.07 Å². The first kappa shape index (κ1) is 14.2. The van der Waals surface area contributed by atoms with Crippen LogP contribution in [-0.4, -0.2) is 28.4 Å². The summed E-state index contributed by atoms with van der Waals surface area (Å²) >= 11 is 1.94. The SMILES string of the molecule is CCCc1cc(C(=O)NCC2CCCS2)cc(N)n1. The lowest BCUT2D eigenvalue weighted by Crippen LogP contribution is -2.29. The van der Waals surface area contributed by atoms with E-state index in [0.29, 0.717) is 16.6 Å². The molecule has 0 saturated carbocycles. The summed E-state index contributed by atoms with van der Waals surface area (Å²) < 4.78 is 0. The van der Waals surface area contributed by atoms with Crippen LogP contribution in [0.15, 0.2) is 12.1 Å². The number of pyridine rings is 1. The Labute approximate surface area is 118 Å². The van der Waals surface area contributed by atoms with Gasteiger partial charge in [-0.1, -0.05) is 13.3 Å². The minimum Gasteiger partial charge on any atom is -0.384 e. The second-order valence-corrected chi connectivity index (χ2v) is 6.28. The Morgan fingerprint density at radius 2 is 2.42 bits per heavy atom. The van der Waals surface area contributed by atoms with E-state index in [9.17, 15) is 4.79 Å². The number of nitrogens with zero attached hydrogens (tertiary/aromatic N) is 1. The van der Waals surface area contributed by atoms with Crippen molar-refractivity contribution < 1.29 is 4.79 Å². The first-order valence-electron chi connectivity index (χ1n) is 6.85. The van der Waals surface area contributed by atoms with Crippen molar-refractivity contribution >= 4 is 23.5 Å². The van der Waals surface area contributed by atoms with Crippen LogP contribution in [-0.2, 0) is 6.42 Å². The third kappa shape index (κ3) is 4.13. The minimum absolute atomic E-state index is 0.0426. The highest BCUT2D eigenvalue weighted by Gasteiger charge is 2.17. The number of hydrogen-bond donors (Lipinski definition) is 2. The zero-order valence-electron chi connectivity index (χ0n) is 11.3. The second-order valence-electron chi connectivity index (χ2n) is 4.87. The molecule has 19 heavy (non-hydrogen) atoms. The Kier molecular flexibility index (Phi) is 5.07. The molecule has 1 aromatic heterocycles. The zero-order chi connectivity index (χ0) is 13.7. The number of aryl methyl sites for hydroxylation is 1. The molecule has 3 N–H and O–H groups in total. The number of carbonyl (C=O) groups is 1. The second kappa shape index (κ2) is 6.80. The summed E-state index contributed by atoms with van der Waals surface area (Å²) in [5.41, 5.74) is 7.27. The van der Waals surface area contributed by atoms with E-state index in [-0.39, 0.29) is 5.91 Å². The minimum atomic E-state index is -0.0426. The van der Waals surface area contributed by atoms with E-state index in [0.717, 1.165) is 25.1 Å². The summed E-state index contributed by atoms with van der Waals surface area (Å²) in [6.45, 7) is 2.83. The summed E-state index contributed by atoms with van der Waals surface area (Å²) in [5.74, 6) is 1.59. The Bertz CT molecular complexity index is 444. The molecule has 0 bridgehead atoms. The molecule has 1 unspecified atom stereocenters. The standard InChI is InChI=1S/C14H21N3OS/c1-2-4-11-7-10(8-13(15)17-11)14(18)16-9-12-5-3-6-19-12/h7-8,12H,2-6,9H2,1H3,(H2,15,17)(H,16,18). The number of anilines is 1. The largest absolute Gasteiger partial charge is 0.384 e. The van der Waals surface area contributed by atoms with Crippen LogP contribution in [0.5, 0.6) is 0 Å². The molecule has 0 aliphatic carbocycles. The van der Waals surface area contributed by atoms with E-state index in [4.69, 9.17) is 5.73 Å². The van der Waals surface area contributed by atoms with Crippen molar-refractivity contribution in [3.8, 4) is 0 Å². The predicted molar refractivity (Wildman–Crippen MR) is 80.5 cm³/mol. The number of nitrogen functional groups attached to an aromatic ring is 1. The van der Waals surface area contributed by atoms with Crippen molar-refractivity contribution in [3.63, 3.8) is 0 Å². The van der Waals surface area contributed by atoms with E-state index >= 15 is 0 Å². The lowest BCUT2D eigenvalue weighted by atomic mass is 10.1. The van der Waals surface area contributed by atoms with Gasteiger partial charge in [0.05, 0.1) is 0 Å². The molecule has 2 rings (SSSR count). The van der Waals surface area contributed by atoms with E-state index in [2.05, 4.69) is 17.2 Å². The molecular formula is C14H21N3OS. The van der Waals surface area contributed by atoms with Crippen LogP contribution in [0.25, 0.3) is 0 Å². The molecular weight excluding hydrogens is 258 g/mol. The van der Waals surface area contributed by atoms with Crippen molar-refractivity contribution in [2.24, 2.45) is 0 Å². The monoisotopic (exact) mass is 279 g/mol. The van der Waals surface area contributed by atoms with Gasteiger partial charge in [-0.05, 0) is 37.1 Å². The third-order valence-corrected chi connectivity index (χ3v) is 4.58. The van der Waals surface area contributed by atoms with Crippen molar-refractivity contribution in [2.75, 3.05) is 18.0 Å². The Morgan fingerprint density at radius 1 is 1.58 bits per heavy atom. The van der Waals surface area contributed by atoms with E-state index in [1.165, 1.54) is 18.6 Å². The number of carbonyl (C=O) groups excluding carboxylic acids is 1. The average Bonchev–Trinajstić information content (AvgIpc) is 2.88. The van der Waals surface area contributed by atoms with Crippen LogP contribution in [0.4, 0.5) is 5.82 Å². The fourth-order valence-electron chi connectivity index (χ4n) is 2.24. The normalized spacial score (nSPS) is 18.5. The molecule has 5 heteroatoms. The van der Waals surface area contributed by atoms with Gasteiger partial charge in [0.15, 0.2) is 0 Å². The lowest BCUT2D eigenvalue weighted by molar-refractivity contribution is 0.0953. The average molecular weight is 279 g/mol. The first-order valence-corrected chi connectivity index (χ1v) is 7.90. The highest BCUT2D eigenvalue weighted by atomic mass is 32.2. The maximum absolute atomic E-state index is 12.1. The van der Waals surface area contributed by atoms with Crippen LogP contribution < -0.4 is 11.1 Å². The van der Waals surface area contributed by atoms with Crippen molar-refractivity contribution in [2.45, 2.75) is 37.9 Å². The topological polar surface area (TPSA) is 68.0 Å². The van der Waals surface area contributed by atoms with Crippen LogP contribution in [0.2, 0.25) is 0 Å². The smallest absolute Gasteiger partial charge is 0.251 e. The Morgan fingerprint density at radius 3 is 3.11 bits per heavy atom. The zero-order valence-corrected chi connectivity index (χ0v) is 12.1. The number of thioether (sulfide) groups is 1. The van der Waals surface area contributed by atoms with Crippen LogP contribution in [0, 0.1) is 0 Å². The van der Waals surface area contributed by atoms with Gasteiger partial charge in [0.1, 0.15) is 5.82 Å². The summed E-state index contributed by atoms with van der Waals surface area (Å²) in [6, 6.07) is 3.49. The molecule has 1 saturated heterocycles. The van der Waals surface area contributed by atoms with Gasteiger partial charge in [0.2, 0.25) is 0 Å². The van der Waals surface area contributed by atoms with Gasteiger partial charge in [-0.3, -0.25) is 4.79 Å². The van der Waals surface area contributed by atoms with Crippen LogP contribution >= 0.6 is 11.8 Å². The molecule has 4 nitrogen and oxygen atoms in total. The molecule has 104 valence electrons. The molecule has 1 fully saturated rings. The number of nitrogens with two attached hydrogens (primary N) is 1. The number of rotatable bonds is 5. The number of nitrogens with one attached hydrogen (secondary N) is 1. The van der Waals surface area contributed by atoms with E-state index in [1.807, 2.05) is 17.8 Å². The van der Waals surface area contributed by atoms with Crippen molar-refractivity contribution in [3.05, 3.63) is 23.4 Å². The fourth-order valence-corrected chi connectivity index (χ4v) is 3.44. The molecule has 0 spiro atoms. The summed E-state index contributed by atoms with van der Waals surface area (Å²) in [7, 11) is 0. The van der Waals surface area contributed by atoms with Gasteiger partial charge in [0.25, 0.3) is 5.91 Å². The molecule has 1 atom stereocenters. The van der Waals surface area contributed by atoms with Gasteiger partial charge in [-0.25, -0.2) is 4.98 Å². The number of amides is 1. The highest BCUT2D eigenvalue weighted by molar-refractivity contribution is 8.00. The Balaban J connectivity index is 1.97. The molecule has 1 aliphatic rings. The summed E-state index contributed by atoms with van der Waals surface area (Å²) in [4.78, 5) is 16.3. The molecule has 0 radical (unpaired) electrons. The van der Waals surface area contributed by atoms with Crippen molar-refractivity contribution in [1.82, 2.24) is 10.3 Å². The van der Waals surface area contributed by atoms with Gasteiger partial charge in [-0.2, -0.15) is 11.8 Å². The summed E-state index contributed by atoms with van der Waals surface area (Å²) in [5, 5.41) is 3.56. The molecule has 1 aliphatic heterocycles. The number of hydrogen-bond acceptors (Lipinski definition) is 4. The van der Waals surface area contributed by atoms with Gasteiger partial charge >= 0.3 is 0 Å². The van der Waals surface area contributed by atoms with Gasteiger partial charge in [-0.15, -0.1) is 0 Å². The number of aromatic nitrogens is 1. The van der Waals surface area contributed by atoms with Gasteiger partial charge < -0.3 is 11.1 Å². The highest BCUT2D eigenvalue weighted by Crippen LogP contribution is 2.25. The third-order valence-electron chi connectivity index (χ3n) is 3.18. The van der Waals surface area contributed by atoms with Gasteiger partial charge in [0, 0.05) is 23.1 Å². The van der Waals surface area contributed by atoms with E-state index < -0.39 is 0 Å². The Hall–Kier alpha value is -1.23. The fraction of sp³-hybridized carbons (Fsp3) is 0.571. The predicted octanol–water partition coefficient (Wildman–Crippen LogP) is 2.24. The van der Waals surface area contributed by atoms with Crippen LogP contribution in [0.3, 0.4) is 0 Å². The molecule has 2 heterocycles. The molecule has 0 aromatic carbocycles. The molecule has 1 aromatic rings.